The summed E-state index contributed by atoms with van der Waals surface area (Å²) in [6, 6.07) is -2.80. The second-order valence-corrected chi connectivity index (χ2v) is 23.3. The zero-order valence-electron chi connectivity index (χ0n) is 45.2. The van der Waals surface area contributed by atoms with Crippen LogP contribution in [0.15, 0.2) is 35.5 Å². The number of aromatic amines is 1. The lowest BCUT2D eigenvalue weighted by Crippen LogP contribution is -2.61. The number of carbonyl (C=O) groups is 11. The second-order valence-electron chi connectivity index (χ2n) is 20.5. The standard InChI is InChI=1S/C51H78N16O11S2/c1-3-28(2)41-47(76)63-33(15-10-20-58-50(56)78)43(72)64-35(23-38(52)68)44(73)65-36(48(77)67-21-11-16-37(67)46(75)62-32(14-9-19-57-49(54)55)42(71)60-26-39(53)69)27-79-80-51(17-7-4-8-18-51)24-40(70)61-34(45(74)66-41)22-29-25-59-31-13-6-5-12-30(29)31/h5-6,12-13,25,28,32-37,41,59H,3-4,7-11,14-24,26-27H2,1-2H3,(H2,52,68)(H2,53,69)(H,60,71)(H,61,70)(H,62,75)(H,63,76)(H,64,72)(H,65,73)(H,66,74)(H4,54,55,57)(H3,56,58,78)/t28-,32-,33+,34+,35-,36-,37-,41-/m0/s1. The maximum absolute atomic E-state index is 15.0. The average Bonchev–Trinajstić information content (AvgIpc) is 4.10. The maximum Gasteiger partial charge on any atom is 0.312 e. The number of guanidine groups is 1. The van der Waals surface area contributed by atoms with E-state index in [0.717, 1.165) is 35.7 Å². The van der Waals surface area contributed by atoms with Gasteiger partial charge in [-0.1, -0.05) is 79.3 Å². The Bertz CT molecular complexity index is 2590. The number of aliphatic imine (C=N–C) groups is 1. The van der Waals surface area contributed by atoms with E-state index >= 15 is 0 Å². The molecule has 0 radical (unpaired) electrons. The summed E-state index contributed by atoms with van der Waals surface area (Å²) >= 11 is 0. The number of nitrogens with two attached hydrogens (primary N) is 5. The van der Waals surface area contributed by atoms with Crippen LogP contribution in [-0.4, -0.2) is 160 Å². The molecule has 12 amide bonds. The number of primary amides is 3. The Kier molecular flexibility index (Phi) is 24.5. The molecule has 1 aliphatic carbocycles. The van der Waals surface area contributed by atoms with Gasteiger partial charge < -0.3 is 81.1 Å². The summed E-state index contributed by atoms with van der Waals surface area (Å²) in [6.45, 7) is 3.15. The number of para-hydroxylation sites is 1. The molecular weight excluding hydrogens is 1080 g/mol. The van der Waals surface area contributed by atoms with E-state index in [2.05, 4.69) is 52.5 Å². The predicted octanol–water partition coefficient (Wildman–Crippen LogP) is -1.88. The van der Waals surface area contributed by atoms with Gasteiger partial charge in [0.15, 0.2) is 5.96 Å². The fraction of sp³-hybridized carbons (Fsp3) is 0.608. The third-order valence-corrected chi connectivity index (χ3v) is 17.7. The summed E-state index contributed by atoms with van der Waals surface area (Å²) in [5, 5.41) is 22.1. The van der Waals surface area contributed by atoms with Crippen molar-refractivity contribution in [3.63, 3.8) is 0 Å². The quantitative estimate of drug-likeness (QED) is 0.0299. The van der Waals surface area contributed by atoms with Gasteiger partial charge in [-0.05, 0) is 68.9 Å². The molecule has 2 aromatic rings. The highest BCUT2D eigenvalue weighted by Crippen LogP contribution is 2.48. The Morgan fingerprint density at radius 1 is 0.812 bits per heavy atom. The van der Waals surface area contributed by atoms with Crippen LogP contribution < -0.4 is 71.2 Å². The third kappa shape index (κ3) is 19.2. The van der Waals surface area contributed by atoms with E-state index in [-0.39, 0.29) is 76.3 Å². The molecule has 19 N–H and O–H groups in total. The van der Waals surface area contributed by atoms with Crippen molar-refractivity contribution in [2.75, 3.05) is 31.9 Å². The minimum Gasteiger partial charge on any atom is -0.370 e. The van der Waals surface area contributed by atoms with Gasteiger partial charge >= 0.3 is 6.03 Å². The van der Waals surface area contributed by atoms with E-state index in [4.69, 9.17) is 28.7 Å². The molecular formula is C51H78N16O11S2. The number of urea groups is 1. The number of H-pyrrole nitrogens is 1. The monoisotopic (exact) mass is 1150 g/mol. The topological polar surface area (TPSA) is 445 Å². The van der Waals surface area contributed by atoms with Crippen LogP contribution in [0.2, 0.25) is 0 Å². The van der Waals surface area contributed by atoms with E-state index < -0.39 is 131 Å². The Morgan fingerprint density at radius 3 is 2.20 bits per heavy atom. The summed E-state index contributed by atoms with van der Waals surface area (Å²) in [5.41, 5.74) is 28.6. The molecule has 8 atom stereocenters. The molecule has 0 bridgehead atoms. The first-order chi connectivity index (χ1) is 38.1. The fourth-order valence-corrected chi connectivity index (χ4v) is 13.3. The molecule has 29 heteroatoms. The largest absolute Gasteiger partial charge is 0.370 e. The number of hydrogen-bond acceptors (Lipinski definition) is 14. The smallest absolute Gasteiger partial charge is 0.312 e. The number of nitrogens with one attached hydrogen (secondary N) is 9. The molecule has 2 saturated heterocycles. The van der Waals surface area contributed by atoms with E-state index in [9.17, 15) is 52.7 Å². The van der Waals surface area contributed by atoms with Crippen molar-refractivity contribution < 1.29 is 52.7 Å². The van der Waals surface area contributed by atoms with Crippen molar-refractivity contribution in [3.05, 3.63) is 36.0 Å². The SMILES string of the molecule is CC[C@H](C)[C@@H]1NC(=O)[C@@H](Cc2c[nH]c3ccccc23)NC(=O)CC2(CCCCC2)SSC[C@@H](C(=O)N2CCC[C@H]2C(=O)N[C@@H](CCCN=C(N)N)C(=O)NCC(N)=O)NC(=O)[C@H](CC(N)=O)NC(=O)[C@@H](CCCNC(N)=O)NC1=O. The number of hydrogen-bond donors (Lipinski definition) is 14. The Labute approximate surface area is 471 Å². The molecule has 1 aromatic heterocycles. The normalized spacial score (nSPS) is 23.2. The average molecular weight is 1160 g/mol. The van der Waals surface area contributed by atoms with Gasteiger partial charge in [-0.2, -0.15) is 0 Å². The van der Waals surface area contributed by atoms with Gasteiger partial charge in [0.05, 0.1) is 13.0 Å². The maximum atomic E-state index is 15.0. The first-order valence-electron chi connectivity index (χ1n) is 27.0. The van der Waals surface area contributed by atoms with Crippen molar-refractivity contribution >= 4 is 104 Å². The predicted molar refractivity (Wildman–Crippen MR) is 301 cm³/mol. The van der Waals surface area contributed by atoms with Gasteiger partial charge in [0.1, 0.15) is 42.3 Å². The minimum atomic E-state index is -1.72. The van der Waals surface area contributed by atoms with Gasteiger partial charge in [-0.15, -0.1) is 0 Å². The van der Waals surface area contributed by atoms with Gasteiger partial charge in [-0.25, -0.2) is 4.79 Å². The van der Waals surface area contributed by atoms with Crippen LogP contribution in [0.4, 0.5) is 4.79 Å². The summed E-state index contributed by atoms with van der Waals surface area (Å²) in [6.07, 6.45) is 5.64. The van der Waals surface area contributed by atoms with Crippen LogP contribution in [0.3, 0.4) is 0 Å². The van der Waals surface area contributed by atoms with Crippen LogP contribution in [0.25, 0.3) is 10.9 Å². The molecule has 3 aliphatic rings. The minimum absolute atomic E-state index is 0.0261. The van der Waals surface area contributed by atoms with Gasteiger partial charge in [0, 0.05) is 60.1 Å². The number of rotatable bonds is 20. The number of carbonyl (C=O) groups excluding carboxylic acids is 11. The van der Waals surface area contributed by atoms with Gasteiger partial charge in [0.25, 0.3) is 0 Å². The lowest BCUT2D eigenvalue weighted by atomic mass is 9.85. The van der Waals surface area contributed by atoms with E-state index in [1.165, 1.54) is 26.5 Å². The van der Waals surface area contributed by atoms with Crippen LogP contribution in [-0.2, 0) is 54.4 Å². The molecule has 1 spiro atoms. The van der Waals surface area contributed by atoms with Crippen molar-refractivity contribution in [2.45, 2.75) is 157 Å². The number of amides is 12. The number of benzene rings is 1. The second kappa shape index (κ2) is 30.9. The van der Waals surface area contributed by atoms with E-state index in [0.29, 0.717) is 25.7 Å². The number of nitrogens with zero attached hydrogens (tertiary/aromatic N) is 2. The Hall–Kier alpha value is -7.30. The highest BCUT2D eigenvalue weighted by molar-refractivity contribution is 8.77. The number of fused-ring (bicyclic) bond motifs is 1. The van der Waals surface area contributed by atoms with Crippen LogP contribution in [0.5, 0.6) is 0 Å². The molecule has 1 saturated carbocycles. The summed E-state index contributed by atoms with van der Waals surface area (Å²) in [4.78, 5) is 159. The van der Waals surface area contributed by atoms with E-state index in [1.54, 1.807) is 13.1 Å². The van der Waals surface area contributed by atoms with Gasteiger partial charge in [-0.3, -0.25) is 52.9 Å². The molecule has 27 nitrogen and oxygen atoms in total. The summed E-state index contributed by atoms with van der Waals surface area (Å²) < 4.78 is -0.724. The first-order valence-corrected chi connectivity index (χ1v) is 29.3. The highest BCUT2D eigenvalue weighted by atomic mass is 33.1. The molecule has 1 aromatic carbocycles. The summed E-state index contributed by atoms with van der Waals surface area (Å²) in [7, 11) is 2.56. The van der Waals surface area contributed by atoms with Gasteiger partial charge in [0.2, 0.25) is 59.1 Å². The number of aromatic nitrogens is 1. The third-order valence-electron chi connectivity index (χ3n) is 14.4. The summed E-state index contributed by atoms with van der Waals surface area (Å²) in [5.74, 6) is -8.73. The molecule has 0 unspecified atom stereocenters. The Balaban J connectivity index is 1.53. The molecule has 5 rings (SSSR count). The molecule has 2 aliphatic heterocycles. The fourth-order valence-electron chi connectivity index (χ4n) is 9.96. The van der Waals surface area contributed by atoms with Crippen LogP contribution in [0, 0.1) is 5.92 Å². The van der Waals surface area contributed by atoms with Crippen molar-refractivity contribution in [1.29, 1.82) is 0 Å². The van der Waals surface area contributed by atoms with Crippen LogP contribution in [0.1, 0.15) is 109 Å². The van der Waals surface area contributed by atoms with Crippen molar-refractivity contribution in [2.24, 2.45) is 39.6 Å². The molecule has 80 heavy (non-hydrogen) atoms. The lowest BCUT2D eigenvalue weighted by molar-refractivity contribution is -0.142. The van der Waals surface area contributed by atoms with Crippen molar-refractivity contribution in [3.8, 4) is 0 Å². The van der Waals surface area contributed by atoms with Crippen LogP contribution >= 0.6 is 21.6 Å². The zero-order chi connectivity index (χ0) is 58.5. The molecule has 440 valence electrons. The molecule has 3 fully saturated rings. The van der Waals surface area contributed by atoms with E-state index in [1.807, 2.05) is 31.2 Å². The zero-order valence-corrected chi connectivity index (χ0v) is 46.9. The first kappa shape index (κ1) is 63.5. The highest BCUT2D eigenvalue weighted by Gasteiger charge is 2.42. The van der Waals surface area contributed by atoms with Crippen molar-refractivity contribution in [1.82, 2.24) is 52.4 Å². The molecule has 3 heterocycles. The lowest BCUT2D eigenvalue weighted by Gasteiger charge is -2.37. The Morgan fingerprint density at radius 2 is 1.51 bits per heavy atom. The number of likely N-dealkylation sites (tertiary alicyclic amines) is 1.